The largest absolute Gasteiger partial charge is 0.493 e. The number of rotatable bonds is 10. The molecular weight excluding hydrogens is 498 g/mol. The summed E-state index contributed by atoms with van der Waals surface area (Å²) in [7, 11) is 4.77. The molecule has 1 aliphatic heterocycles. The number of esters is 1. The number of dihydropyridines is 1. The van der Waals surface area contributed by atoms with Gasteiger partial charge in [0.05, 0.1) is 40.1 Å². The van der Waals surface area contributed by atoms with Crippen molar-refractivity contribution >= 4 is 11.8 Å². The lowest BCUT2D eigenvalue weighted by Gasteiger charge is -2.37. The summed E-state index contributed by atoms with van der Waals surface area (Å²) in [5.41, 5.74) is 4.27. The molecule has 208 valence electrons. The Hall–Kier alpha value is -3.94. The van der Waals surface area contributed by atoms with E-state index in [9.17, 15) is 9.59 Å². The van der Waals surface area contributed by atoms with Crippen LogP contribution in [0.2, 0.25) is 0 Å². The highest BCUT2D eigenvalue weighted by Crippen LogP contribution is 2.47. The van der Waals surface area contributed by atoms with E-state index in [4.69, 9.17) is 23.7 Å². The molecule has 0 saturated heterocycles. The van der Waals surface area contributed by atoms with E-state index < -0.39 is 11.9 Å². The molecule has 0 amide bonds. The third-order valence-corrected chi connectivity index (χ3v) is 7.18. The second-order valence-electron chi connectivity index (χ2n) is 9.61. The first-order valence-electron chi connectivity index (χ1n) is 13.3. The highest BCUT2D eigenvalue weighted by molar-refractivity contribution is 6.04. The topological polar surface area (TPSA) is 92.3 Å². The third-order valence-electron chi connectivity index (χ3n) is 7.18. The van der Waals surface area contributed by atoms with Crippen LogP contribution in [0.4, 0.5) is 0 Å². The van der Waals surface area contributed by atoms with Crippen molar-refractivity contribution in [2.75, 3.05) is 34.5 Å². The molecule has 0 aromatic heterocycles. The van der Waals surface area contributed by atoms with Crippen molar-refractivity contribution in [2.45, 2.75) is 51.9 Å². The minimum Gasteiger partial charge on any atom is -0.493 e. The van der Waals surface area contributed by atoms with E-state index >= 15 is 0 Å². The van der Waals surface area contributed by atoms with Crippen molar-refractivity contribution in [3.8, 4) is 23.0 Å². The first kappa shape index (κ1) is 28.1. The van der Waals surface area contributed by atoms with Gasteiger partial charge in [0.25, 0.3) is 0 Å². The van der Waals surface area contributed by atoms with Crippen molar-refractivity contribution in [3.63, 3.8) is 0 Å². The number of allylic oxidation sites excluding steroid dienone is 3. The van der Waals surface area contributed by atoms with Gasteiger partial charge in [0.2, 0.25) is 0 Å². The lowest BCUT2D eigenvalue weighted by molar-refractivity contribution is -0.139. The van der Waals surface area contributed by atoms with Gasteiger partial charge in [-0.25, -0.2) is 4.79 Å². The van der Waals surface area contributed by atoms with Crippen LogP contribution in [0.25, 0.3) is 0 Å². The van der Waals surface area contributed by atoms with Crippen LogP contribution >= 0.6 is 0 Å². The van der Waals surface area contributed by atoms with E-state index in [0.29, 0.717) is 72.3 Å². The molecule has 4 rings (SSSR count). The Morgan fingerprint density at radius 2 is 1.54 bits per heavy atom. The minimum absolute atomic E-state index is 0.0188. The average molecular weight is 536 g/mol. The molecule has 0 spiro atoms. The van der Waals surface area contributed by atoms with E-state index in [1.807, 2.05) is 57.2 Å². The number of hydrogen-bond donors (Lipinski definition) is 1. The van der Waals surface area contributed by atoms with Gasteiger partial charge in [-0.15, -0.1) is 0 Å². The molecule has 39 heavy (non-hydrogen) atoms. The van der Waals surface area contributed by atoms with Crippen LogP contribution in [-0.4, -0.2) is 46.3 Å². The fraction of sp³-hybridized carbons (Fsp3) is 0.419. The highest BCUT2D eigenvalue weighted by Gasteiger charge is 2.41. The molecule has 2 aromatic rings. The average Bonchev–Trinajstić information content (AvgIpc) is 2.94. The van der Waals surface area contributed by atoms with Crippen molar-refractivity contribution in [2.24, 2.45) is 0 Å². The van der Waals surface area contributed by atoms with Crippen LogP contribution in [0.5, 0.6) is 23.0 Å². The van der Waals surface area contributed by atoms with Crippen molar-refractivity contribution in [3.05, 3.63) is 70.1 Å². The molecule has 0 unspecified atom stereocenters. The summed E-state index contributed by atoms with van der Waals surface area (Å²) in [4.78, 5) is 27.2. The SMILES string of the molecule is CCCOC(=O)C1=C(C)NC2=C(C(=O)C[C@H](c3ccc(OC)c(OC)c3)C2)[C@H]1c1ccc(OCC)c(OC)c1. The zero-order chi connectivity index (χ0) is 28.1. The smallest absolute Gasteiger partial charge is 0.336 e. The van der Waals surface area contributed by atoms with Crippen LogP contribution in [-0.2, 0) is 14.3 Å². The third kappa shape index (κ3) is 5.60. The van der Waals surface area contributed by atoms with Gasteiger partial charge in [-0.05, 0) is 68.0 Å². The molecule has 2 aromatic carbocycles. The maximum atomic E-state index is 13.9. The maximum absolute atomic E-state index is 13.9. The van der Waals surface area contributed by atoms with E-state index in [1.54, 1.807) is 21.3 Å². The molecule has 2 atom stereocenters. The predicted octanol–water partition coefficient (Wildman–Crippen LogP) is 5.43. The van der Waals surface area contributed by atoms with Gasteiger partial charge < -0.3 is 29.0 Å². The molecule has 1 heterocycles. The monoisotopic (exact) mass is 535 g/mol. The van der Waals surface area contributed by atoms with Gasteiger partial charge in [-0.2, -0.15) is 0 Å². The second kappa shape index (κ2) is 12.3. The Balaban J connectivity index is 1.79. The number of carbonyl (C=O) groups excluding carboxylic acids is 2. The number of carbonyl (C=O) groups is 2. The number of benzene rings is 2. The standard InChI is InChI=1S/C31H37NO7/c1-7-13-39-31(34)28-18(3)32-22-14-21(19-9-11-24(35-4)26(16-19)36-5)15-23(33)30(22)29(28)20-10-12-25(38-8-2)27(17-20)37-6/h9-12,16-17,21,29,32H,7-8,13-15H2,1-6H3/t21-,29+/m1/s1. The van der Waals surface area contributed by atoms with Crippen LogP contribution in [0.15, 0.2) is 58.9 Å². The highest BCUT2D eigenvalue weighted by atomic mass is 16.5. The number of ketones is 1. The quantitative estimate of drug-likeness (QED) is 0.403. The number of Topliss-reactive ketones (excluding diaryl/α,β-unsaturated/α-hetero) is 1. The molecule has 0 saturated carbocycles. The van der Waals surface area contributed by atoms with E-state index in [-0.39, 0.29) is 11.7 Å². The van der Waals surface area contributed by atoms with Gasteiger partial charge in [-0.1, -0.05) is 19.1 Å². The fourth-order valence-corrected chi connectivity index (χ4v) is 5.40. The number of methoxy groups -OCH3 is 3. The van der Waals surface area contributed by atoms with E-state index in [0.717, 1.165) is 16.8 Å². The Bertz CT molecular complexity index is 1310. The van der Waals surface area contributed by atoms with Crippen molar-refractivity contribution in [1.82, 2.24) is 5.32 Å². The van der Waals surface area contributed by atoms with Crippen molar-refractivity contribution in [1.29, 1.82) is 0 Å². The zero-order valence-corrected chi connectivity index (χ0v) is 23.5. The Morgan fingerprint density at radius 3 is 2.21 bits per heavy atom. The zero-order valence-electron chi connectivity index (χ0n) is 23.5. The Labute approximate surface area is 229 Å². The molecule has 0 bridgehead atoms. The van der Waals surface area contributed by atoms with Gasteiger partial charge in [0, 0.05) is 29.3 Å². The molecular formula is C31H37NO7. The van der Waals surface area contributed by atoms with Gasteiger partial charge in [0.1, 0.15) is 0 Å². The van der Waals surface area contributed by atoms with Crippen LogP contribution in [0, 0.1) is 0 Å². The molecule has 1 N–H and O–H groups in total. The first-order chi connectivity index (χ1) is 18.9. The van der Waals surface area contributed by atoms with Crippen LogP contribution in [0.3, 0.4) is 0 Å². The Morgan fingerprint density at radius 1 is 0.897 bits per heavy atom. The van der Waals surface area contributed by atoms with Crippen LogP contribution < -0.4 is 24.3 Å². The molecule has 0 fully saturated rings. The summed E-state index contributed by atoms with van der Waals surface area (Å²) in [5.74, 6) is 1.31. The van der Waals surface area contributed by atoms with Crippen LogP contribution in [0.1, 0.15) is 63.0 Å². The summed E-state index contributed by atoms with van der Waals surface area (Å²) in [6, 6.07) is 11.3. The second-order valence-corrected chi connectivity index (χ2v) is 9.61. The summed E-state index contributed by atoms with van der Waals surface area (Å²) in [5, 5.41) is 3.39. The summed E-state index contributed by atoms with van der Waals surface area (Å²) < 4.78 is 27.8. The molecule has 8 nitrogen and oxygen atoms in total. The molecule has 2 aliphatic rings. The molecule has 1 aliphatic carbocycles. The van der Waals surface area contributed by atoms with Gasteiger partial charge in [-0.3, -0.25) is 4.79 Å². The summed E-state index contributed by atoms with van der Waals surface area (Å²) >= 11 is 0. The summed E-state index contributed by atoms with van der Waals surface area (Å²) in [6.07, 6.45) is 1.61. The first-order valence-corrected chi connectivity index (χ1v) is 13.3. The lowest BCUT2D eigenvalue weighted by Crippen LogP contribution is -2.36. The molecule has 0 radical (unpaired) electrons. The van der Waals surface area contributed by atoms with Gasteiger partial charge >= 0.3 is 5.97 Å². The van der Waals surface area contributed by atoms with E-state index in [2.05, 4.69) is 5.32 Å². The summed E-state index contributed by atoms with van der Waals surface area (Å²) in [6.45, 7) is 6.50. The number of nitrogens with one attached hydrogen (secondary N) is 1. The normalized spacial score (nSPS) is 18.8. The number of ether oxygens (including phenoxy) is 5. The fourth-order valence-electron chi connectivity index (χ4n) is 5.40. The van der Waals surface area contributed by atoms with E-state index in [1.165, 1.54) is 0 Å². The predicted molar refractivity (Wildman–Crippen MR) is 148 cm³/mol. The number of hydrogen-bond acceptors (Lipinski definition) is 8. The van der Waals surface area contributed by atoms with Crippen molar-refractivity contribution < 1.29 is 33.3 Å². The maximum Gasteiger partial charge on any atom is 0.336 e. The molecule has 8 heteroatoms. The minimum atomic E-state index is -0.589. The van der Waals surface area contributed by atoms with Gasteiger partial charge in [0.15, 0.2) is 28.8 Å². The Kier molecular flexibility index (Phi) is 8.84. The lowest BCUT2D eigenvalue weighted by atomic mass is 9.71.